The zero-order chi connectivity index (χ0) is 18.7. The number of aromatic amines is 1. The minimum Gasteiger partial charge on any atom is -0.325 e. The first-order valence-electron chi connectivity index (χ1n) is 7.49. The van der Waals surface area contributed by atoms with Gasteiger partial charge in [0, 0.05) is 21.3 Å². The number of carbonyl (C=O) groups is 1. The molecule has 5 nitrogen and oxygen atoms in total. The molecule has 0 aliphatic carbocycles. The largest absolute Gasteiger partial charge is 0.325 e. The molecule has 1 heterocycles. The molecule has 0 saturated carbocycles. The van der Waals surface area contributed by atoms with Crippen LogP contribution in [0.5, 0.6) is 0 Å². The van der Waals surface area contributed by atoms with Crippen molar-refractivity contribution in [1.82, 2.24) is 15.2 Å². The molecule has 0 aliphatic rings. The molecule has 9 heteroatoms. The molecular formula is C17H13Cl3N4OS. The number of amides is 1. The fraction of sp³-hybridized carbons (Fsp3) is 0.118. The lowest BCUT2D eigenvalue weighted by atomic mass is 10.2. The Labute approximate surface area is 169 Å². The number of rotatable bonds is 5. The number of anilines is 1. The minimum absolute atomic E-state index is 0.164. The topological polar surface area (TPSA) is 70.7 Å². The van der Waals surface area contributed by atoms with Crippen LogP contribution in [0.3, 0.4) is 0 Å². The summed E-state index contributed by atoms with van der Waals surface area (Å²) in [7, 11) is 0. The third-order valence-corrected chi connectivity index (χ3v) is 5.24. The second-order valence-electron chi connectivity index (χ2n) is 5.39. The Morgan fingerprint density at radius 3 is 2.69 bits per heavy atom. The van der Waals surface area contributed by atoms with Gasteiger partial charge < -0.3 is 5.32 Å². The lowest BCUT2D eigenvalue weighted by molar-refractivity contribution is -0.113. The minimum atomic E-state index is -0.175. The van der Waals surface area contributed by atoms with Gasteiger partial charge in [0.1, 0.15) is 0 Å². The van der Waals surface area contributed by atoms with Gasteiger partial charge in [-0.1, -0.05) is 52.6 Å². The summed E-state index contributed by atoms with van der Waals surface area (Å²) >= 11 is 19.3. The van der Waals surface area contributed by atoms with Gasteiger partial charge in [-0.15, -0.1) is 5.10 Å². The molecule has 2 N–H and O–H groups in total. The van der Waals surface area contributed by atoms with Crippen molar-refractivity contribution in [2.75, 3.05) is 11.1 Å². The number of halogens is 3. The van der Waals surface area contributed by atoms with Crippen LogP contribution >= 0.6 is 46.6 Å². The van der Waals surface area contributed by atoms with Crippen molar-refractivity contribution in [3.8, 4) is 11.4 Å². The van der Waals surface area contributed by atoms with Gasteiger partial charge in [-0.25, -0.2) is 4.98 Å². The summed E-state index contributed by atoms with van der Waals surface area (Å²) in [6.45, 7) is 1.90. The second-order valence-corrected chi connectivity index (χ2v) is 7.58. The van der Waals surface area contributed by atoms with Crippen LogP contribution in [0.2, 0.25) is 15.1 Å². The number of thioether (sulfide) groups is 1. The number of nitrogens with one attached hydrogen (secondary N) is 2. The van der Waals surface area contributed by atoms with Gasteiger partial charge in [0.15, 0.2) is 5.82 Å². The van der Waals surface area contributed by atoms with E-state index in [4.69, 9.17) is 34.8 Å². The predicted octanol–water partition coefficient (Wildman–Crippen LogP) is 5.47. The lowest BCUT2D eigenvalue weighted by Gasteiger charge is -2.05. The number of hydrogen-bond acceptors (Lipinski definition) is 4. The molecule has 0 unspecified atom stereocenters. The highest BCUT2D eigenvalue weighted by Crippen LogP contribution is 2.29. The summed E-state index contributed by atoms with van der Waals surface area (Å²) < 4.78 is 0. The average molecular weight is 428 g/mol. The van der Waals surface area contributed by atoms with Crippen molar-refractivity contribution in [3.05, 3.63) is 57.0 Å². The first kappa shape index (κ1) is 19.0. The maximum atomic E-state index is 12.1. The Hall–Kier alpha value is -1.73. The number of H-pyrrole nitrogens is 1. The van der Waals surface area contributed by atoms with Crippen molar-refractivity contribution >= 4 is 58.2 Å². The summed E-state index contributed by atoms with van der Waals surface area (Å²) in [4.78, 5) is 16.4. The number of aryl methyl sites for hydroxylation is 1. The van der Waals surface area contributed by atoms with E-state index in [1.165, 1.54) is 11.8 Å². The Bertz CT molecular complexity index is 961. The van der Waals surface area contributed by atoms with Crippen molar-refractivity contribution < 1.29 is 4.79 Å². The molecule has 0 fully saturated rings. The quantitative estimate of drug-likeness (QED) is 0.530. The summed E-state index contributed by atoms with van der Waals surface area (Å²) in [6, 6.07) is 10.5. The SMILES string of the molecule is Cc1ccc(NC(=O)CSc2n[nH]c(-c3ccc(Cl)cc3Cl)n2)cc1Cl. The Kier molecular flexibility index (Phi) is 6.09. The second kappa shape index (κ2) is 8.31. The molecule has 1 aromatic heterocycles. The summed E-state index contributed by atoms with van der Waals surface area (Å²) in [5.74, 6) is 0.502. The lowest BCUT2D eigenvalue weighted by Crippen LogP contribution is -2.14. The summed E-state index contributed by atoms with van der Waals surface area (Å²) in [5, 5.41) is 11.8. The van der Waals surface area contributed by atoms with E-state index in [2.05, 4.69) is 20.5 Å². The smallest absolute Gasteiger partial charge is 0.234 e. The molecule has 0 saturated heterocycles. The molecular weight excluding hydrogens is 415 g/mol. The normalized spacial score (nSPS) is 10.8. The van der Waals surface area contributed by atoms with Crippen molar-refractivity contribution in [2.45, 2.75) is 12.1 Å². The van der Waals surface area contributed by atoms with Gasteiger partial charge >= 0.3 is 0 Å². The van der Waals surface area contributed by atoms with Crippen LogP contribution in [-0.2, 0) is 4.79 Å². The van der Waals surface area contributed by atoms with Crippen LogP contribution in [0.15, 0.2) is 41.6 Å². The molecule has 0 radical (unpaired) electrons. The Morgan fingerprint density at radius 1 is 1.15 bits per heavy atom. The summed E-state index contributed by atoms with van der Waals surface area (Å²) in [5.41, 5.74) is 2.29. The van der Waals surface area contributed by atoms with E-state index < -0.39 is 0 Å². The zero-order valence-corrected chi connectivity index (χ0v) is 16.6. The summed E-state index contributed by atoms with van der Waals surface area (Å²) in [6.07, 6.45) is 0. The zero-order valence-electron chi connectivity index (χ0n) is 13.5. The maximum absolute atomic E-state index is 12.1. The number of benzene rings is 2. The molecule has 3 rings (SSSR count). The highest BCUT2D eigenvalue weighted by molar-refractivity contribution is 7.99. The monoisotopic (exact) mass is 426 g/mol. The average Bonchev–Trinajstić information content (AvgIpc) is 3.05. The molecule has 0 aliphatic heterocycles. The standard InChI is InChI=1S/C17H13Cl3N4OS/c1-9-2-4-11(7-13(9)19)21-15(25)8-26-17-22-16(23-24-17)12-5-3-10(18)6-14(12)20/h2-7H,8H2,1H3,(H,21,25)(H,22,23,24). The van der Waals surface area contributed by atoms with E-state index in [0.29, 0.717) is 37.3 Å². The molecule has 1 amide bonds. The van der Waals surface area contributed by atoms with Gasteiger partial charge in [0.25, 0.3) is 0 Å². The molecule has 0 atom stereocenters. The predicted molar refractivity (Wildman–Crippen MR) is 107 cm³/mol. The maximum Gasteiger partial charge on any atom is 0.234 e. The van der Waals surface area contributed by atoms with Crippen LogP contribution in [0.4, 0.5) is 5.69 Å². The van der Waals surface area contributed by atoms with E-state index in [-0.39, 0.29) is 11.7 Å². The third kappa shape index (κ3) is 4.71. The van der Waals surface area contributed by atoms with Gasteiger partial charge in [0.05, 0.1) is 10.8 Å². The molecule has 26 heavy (non-hydrogen) atoms. The van der Waals surface area contributed by atoms with Crippen LogP contribution in [0.25, 0.3) is 11.4 Å². The number of hydrogen-bond donors (Lipinski definition) is 2. The van der Waals surface area contributed by atoms with Gasteiger partial charge in [-0.3, -0.25) is 9.89 Å². The molecule has 2 aromatic carbocycles. The fourth-order valence-electron chi connectivity index (χ4n) is 2.11. The van der Waals surface area contributed by atoms with Crippen LogP contribution < -0.4 is 5.32 Å². The number of aromatic nitrogens is 3. The van der Waals surface area contributed by atoms with Gasteiger partial charge in [0.2, 0.25) is 11.1 Å². The molecule has 134 valence electrons. The highest BCUT2D eigenvalue weighted by atomic mass is 35.5. The van der Waals surface area contributed by atoms with Crippen molar-refractivity contribution in [3.63, 3.8) is 0 Å². The number of nitrogens with zero attached hydrogens (tertiary/aromatic N) is 2. The van der Waals surface area contributed by atoms with Crippen LogP contribution in [0.1, 0.15) is 5.56 Å². The van der Waals surface area contributed by atoms with E-state index in [1.54, 1.807) is 30.3 Å². The molecule has 0 bridgehead atoms. The first-order chi connectivity index (χ1) is 12.4. The molecule has 0 spiro atoms. The highest BCUT2D eigenvalue weighted by Gasteiger charge is 2.12. The van der Waals surface area contributed by atoms with E-state index in [9.17, 15) is 4.79 Å². The van der Waals surface area contributed by atoms with Crippen molar-refractivity contribution in [1.29, 1.82) is 0 Å². The van der Waals surface area contributed by atoms with E-state index in [0.717, 1.165) is 5.56 Å². The first-order valence-corrected chi connectivity index (χ1v) is 9.61. The Morgan fingerprint density at radius 2 is 1.96 bits per heavy atom. The van der Waals surface area contributed by atoms with Gasteiger partial charge in [-0.2, -0.15) is 0 Å². The van der Waals surface area contributed by atoms with Crippen LogP contribution in [-0.4, -0.2) is 26.8 Å². The van der Waals surface area contributed by atoms with Gasteiger partial charge in [-0.05, 0) is 42.8 Å². The molecule has 3 aromatic rings. The third-order valence-electron chi connectivity index (χ3n) is 3.44. The number of carbonyl (C=O) groups excluding carboxylic acids is 1. The van der Waals surface area contributed by atoms with E-state index >= 15 is 0 Å². The van der Waals surface area contributed by atoms with Crippen molar-refractivity contribution in [2.24, 2.45) is 0 Å². The van der Waals surface area contributed by atoms with Crippen LogP contribution in [0, 0.1) is 6.92 Å². The van der Waals surface area contributed by atoms with E-state index in [1.807, 2.05) is 13.0 Å². The fourth-order valence-corrected chi connectivity index (χ4v) is 3.39. The Balaban J connectivity index is 1.60.